The maximum atomic E-state index is 13.7. The van der Waals surface area contributed by atoms with Crippen LogP contribution in [-0.2, 0) is 9.53 Å². The van der Waals surface area contributed by atoms with Gasteiger partial charge in [-0.1, -0.05) is 42.2 Å². The van der Waals surface area contributed by atoms with Gasteiger partial charge in [-0.25, -0.2) is 9.79 Å². The van der Waals surface area contributed by atoms with Gasteiger partial charge < -0.3 is 18.9 Å². The first-order chi connectivity index (χ1) is 18.0. The quantitative estimate of drug-likeness (QED) is 0.301. The highest BCUT2D eigenvalue weighted by Gasteiger charge is 2.31. The molecule has 0 unspecified atom stereocenters. The van der Waals surface area contributed by atoms with Crippen LogP contribution in [0.4, 0.5) is 0 Å². The maximum absolute atomic E-state index is 13.7. The molecule has 192 valence electrons. The van der Waals surface area contributed by atoms with Gasteiger partial charge in [0, 0.05) is 6.20 Å². The molecule has 2 aromatic carbocycles. The van der Waals surface area contributed by atoms with Gasteiger partial charge in [-0.05, 0) is 55.3 Å². The lowest BCUT2D eigenvalue weighted by Crippen LogP contribution is -2.39. The minimum atomic E-state index is -0.740. The van der Waals surface area contributed by atoms with Crippen LogP contribution < -0.4 is 29.1 Å². The zero-order valence-electron chi connectivity index (χ0n) is 20.9. The molecule has 8 nitrogen and oxygen atoms in total. The zero-order valence-corrected chi connectivity index (χ0v) is 21.7. The normalized spacial score (nSPS) is 14.7. The van der Waals surface area contributed by atoms with Crippen LogP contribution in [0.25, 0.3) is 6.08 Å². The average Bonchev–Trinajstić information content (AvgIpc) is 3.23. The molecule has 0 saturated carbocycles. The molecule has 1 aliphatic heterocycles. The zero-order chi connectivity index (χ0) is 26.4. The molecule has 37 heavy (non-hydrogen) atoms. The first kappa shape index (κ1) is 26.0. The average molecular weight is 521 g/mol. The molecule has 0 amide bonds. The molecular weight excluding hydrogens is 492 g/mol. The number of methoxy groups -OCH3 is 1. The number of carbonyl (C=O) groups excluding carboxylic acids is 1. The number of esters is 1. The van der Waals surface area contributed by atoms with E-state index in [9.17, 15) is 9.59 Å². The Bertz CT molecular complexity index is 1500. The number of nitrogens with zero attached hydrogens (tertiary/aromatic N) is 2. The van der Waals surface area contributed by atoms with Crippen LogP contribution in [0, 0.1) is 0 Å². The van der Waals surface area contributed by atoms with Gasteiger partial charge in [0.2, 0.25) is 0 Å². The van der Waals surface area contributed by atoms with Crippen LogP contribution >= 0.6 is 11.3 Å². The molecule has 2 heterocycles. The third-order valence-electron chi connectivity index (χ3n) is 5.55. The molecule has 0 saturated heterocycles. The molecule has 0 fully saturated rings. The maximum Gasteiger partial charge on any atom is 0.337 e. The van der Waals surface area contributed by atoms with E-state index in [0.29, 0.717) is 52.0 Å². The van der Waals surface area contributed by atoms with E-state index in [0.717, 1.165) is 5.56 Å². The summed E-state index contributed by atoms with van der Waals surface area (Å²) >= 11 is 1.25. The van der Waals surface area contributed by atoms with E-state index >= 15 is 0 Å². The fourth-order valence-corrected chi connectivity index (χ4v) is 4.92. The fourth-order valence-electron chi connectivity index (χ4n) is 3.95. The summed E-state index contributed by atoms with van der Waals surface area (Å²) in [6, 6.07) is 12.1. The van der Waals surface area contributed by atoms with E-state index in [-0.39, 0.29) is 11.1 Å². The predicted molar refractivity (Wildman–Crippen MR) is 142 cm³/mol. The van der Waals surface area contributed by atoms with Crippen molar-refractivity contribution in [1.29, 1.82) is 0 Å². The Hall–Kier alpha value is -4.11. The Labute approximate surface area is 218 Å². The van der Waals surface area contributed by atoms with Crippen LogP contribution in [0.15, 0.2) is 76.7 Å². The Morgan fingerprint density at radius 3 is 2.49 bits per heavy atom. The minimum Gasteiger partial charge on any atom is -0.490 e. The number of aromatic nitrogens is 1. The van der Waals surface area contributed by atoms with Crippen LogP contribution in [0.3, 0.4) is 0 Å². The second-order valence-corrected chi connectivity index (χ2v) is 8.93. The van der Waals surface area contributed by atoms with E-state index in [1.54, 1.807) is 24.3 Å². The van der Waals surface area contributed by atoms with Gasteiger partial charge in [-0.3, -0.25) is 9.36 Å². The molecule has 1 aliphatic rings. The Balaban J connectivity index is 1.82. The Morgan fingerprint density at radius 1 is 1.08 bits per heavy atom. The van der Waals surface area contributed by atoms with Gasteiger partial charge in [-0.2, -0.15) is 0 Å². The molecular formula is C28H28N2O6S. The lowest BCUT2D eigenvalue weighted by atomic mass is 9.97. The van der Waals surface area contributed by atoms with Crippen LogP contribution in [-0.4, -0.2) is 37.5 Å². The van der Waals surface area contributed by atoms with Gasteiger partial charge in [0.1, 0.15) is 12.4 Å². The Morgan fingerprint density at radius 2 is 1.81 bits per heavy atom. The van der Waals surface area contributed by atoms with Crippen molar-refractivity contribution < 1.29 is 23.7 Å². The lowest BCUT2D eigenvalue weighted by Gasteiger charge is -2.23. The highest BCUT2D eigenvalue weighted by molar-refractivity contribution is 7.07. The van der Waals surface area contributed by atoms with Crippen molar-refractivity contribution in [3.05, 3.63) is 97.7 Å². The molecule has 1 atom stereocenters. The van der Waals surface area contributed by atoms with Crippen molar-refractivity contribution in [2.24, 2.45) is 4.99 Å². The minimum absolute atomic E-state index is 0.247. The molecule has 9 heteroatoms. The standard InChI is InChI=1S/C28H28N2O6S/c1-5-14-36-20-11-8-18(9-12-20)15-24-26(31)30-25(21(27(32)33-4)17-29-28(30)37-24)19-10-13-22(34-6-2)23(16-19)35-7-3/h5,8-13,15-17,25H,1,6-7,14H2,2-4H3/b24-15-/t25-/m1/s1. The highest BCUT2D eigenvalue weighted by Crippen LogP contribution is 2.35. The van der Waals surface area contributed by atoms with Gasteiger partial charge in [0.05, 0.1) is 36.5 Å². The highest BCUT2D eigenvalue weighted by atomic mass is 32.1. The number of hydrogen-bond acceptors (Lipinski definition) is 8. The summed E-state index contributed by atoms with van der Waals surface area (Å²) in [5, 5.41) is 0. The monoisotopic (exact) mass is 520 g/mol. The number of rotatable bonds is 10. The van der Waals surface area contributed by atoms with E-state index in [4.69, 9.17) is 18.9 Å². The number of ether oxygens (including phenoxy) is 4. The van der Waals surface area contributed by atoms with Gasteiger partial charge >= 0.3 is 5.97 Å². The van der Waals surface area contributed by atoms with Crippen LogP contribution in [0.5, 0.6) is 17.2 Å². The summed E-state index contributed by atoms with van der Waals surface area (Å²) in [6.45, 7) is 8.74. The largest absolute Gasteiger partial charge is 0.490 e. The number of hydrogen-bond donors (Lipinski definition) is 0. The number of carbonyl (C=O) groups is 1. The summed E-state index contributed by atoms with van der Waals surface area (Å²) < 4.78 is 24.0. The number of benzene rings is 2. The van der Waals surface area contributed by atoms with E-state index in [1.165, 1.54) is 29.2 Å². The second-order valence-electron chi connectivity index (χ2n) is 7.92. The molecule has 4 rings (SSSR count). The second kappa shape index (κ2) is 11.7. The third kappa shape index (κ3) is 5.51. The van der Waals surface area contributed by atoms with Crippen molar-refractivity contribution in [3.63, 3.8) is 0 Å². The van der Waals surface area contributed by atoms with Crippen molar-refractivity contribution >= 4 is 23.4 Å². The molecule has 0 bridgehead atoms. The SMILES string of the molecule is C=CCOc1ccc(/C=c2\sc3n(c2=O)[C@H](c2ccc(OCC)c(OCC)c2)C(C(=O)OC)=CN=3)cc1. The van der Waals surface area contributed by atoms with Gasteiger partial charge in [-0.15, -0.1) is 0 Å². The van der Waals surface area contributed by atoms with Gasteiger partial charge in [0.25, 0.3) is 5.56 Å². The molecule has 0 spiro atoms. The van der Waals surface area contributed by atoms with Crippen molar-refractivity contribution in [2.75, 3.05) is 26.9 Å². The van der Waals surface area contributed by atoms with Crippen molar-refractivity contribution in [3.8, 4) is 17.2 Å². The molecule has 0 radical (unpaired) electrons. The van der Waals surface area contributed by atoms with Crippen molar-refractivity contribution in [2.45, 2.75) is 19.9 Å². The van der Waals surface area contributed by atoms with Crippen LogP contribution in [0.2, 0.25) is 0 Å². The number of fused-ring (bicyclic) bond motifs is 1. The topological polar surface area (TPSA) is 88.3 Å². The molecule has 1 aromatic heterocycles. The summed E-state index contributed by atoms with van der Waals surface area (Å²) in [5.41, 5.74) is 1.49. The summed E-state index contributed by atoms with van der Waals surface area (Å²) in [4.78, 5) is 31.3. The third-order valence-corrected chi connectivity index (χ3v) is 6.55. The van der Waals surface area contributed by atoms with E-state index < -0.39 is 12.0 Å². The van der Waals surface area contributed by atoms with E-state index in [2.05, 4.69) is 11.6 Å². The molecule has 3 aromatic rings. The summed E-state index contributed by atoms with van der Waals surface area (Å²) in [7, 11) is 1.30. The smallest absolute Gasteiger partial charge is 0.337 e. The first-order valence-electron chi connectivity index (χ1n) is 11.8. The number of thiazole rings is 1. The van der Waals surface area contributed by atoms with E-state index in [1.807, 2.05) is 44.2 Å². The first-order valence-corrected chi connectivity index (χ1v) is 12.6. The Kier molecular flexibility index (Phi) is 8.25. The fraction of sp³-hybridized carbons (Fsp3) is 0.250. The molecule has 0 aliphatic carbocycles. The molecule has 0 N–H and O–H groups in total. The van der Waals surface area contributed by atoms with Crippen molar-refractivity contribution in [1.82, 2.24) is 4.57 Å². The predicted octanol–water partition coefficient (Wildman–Crippen LogP) is 3.38. The van der Waals surface area contributed by atoms with Gasteiger partial charge in [0.15, 0.2) is 16.3 Å². The summed E-state index contributed by atoms with van der Waals surface area (Å²) in [5.74, 6) is 1.26. The summed E-state index contributed by atoms with van der Waals surface area (Å²) in [6.07, 6.45) is 4.94. The van der Waals surface area contributed by atoms with Crippen LogP contribution in [0.1, 0.15) is 31.0 Å². The lowest BCUT2D eigenvalue weighted by molar-refractivity contribution is -0.136.